The molecule has 0 aliphatic heterocycles. The van der Waals surface area contributed by atoms with E-state index in [0.29, 0.717) is 0 Å². The second-order valence-corrected chi connectivity index (χ2v) is 4.42. The molecule has 6 heteroatoms. The molecule has 6 nitrogen and oxygen atoms in total. The van der Waals surface area contributed by atoms with Crippen LogP contribution in [0.4, 0.5) is 10.5 Å². The molecule has 0 saturated carbocycles. The first-order valence-electron chi connectivity index (χ1n) is 6.69. The van der Waals surface area contributed by atoms with Gasteiger partial charge in [-0.15, -0.1) is 0 Å². The molecule has 0 N–H and O–H groups in total. The molecule has 0 spiro atoms. The van der Waals surface area contributed by atoms with Crippen molar-refractivity contribution in [3.05, 3.63) is 34.4 Å². The molecular formula is C14H19NO5. The van der Waals surface area contributed by atoms with E-state index in [-0.39, 0.29) is 17.5 Å². The second-order valence-electron chi connectivity index (χ2n) is 4.42. The van der Waals surface area contributed by atoms with Gasteiger partial charge in [0, 0.05) is 12.1 Å². The fraction of sp³-hybridized carbons (Fsp3) is 0.500. The average Bonchev–Trinajstić information content (AvgIpc) is 2.39. The quantitative estimate of drug-likeness (QED) is 0.325. The molecular weight excluding hydrogens is 262 g/mol. The van der Waals surface area contributed by atoms with E-state index < -0.39 is 11.1 Å². The third-order valence-electron chi connectivity index (χ3n) is 2.73. The Labute approximate surface area is 117 Å². The minimum atomic E-state index is -0.772. The molecule has 0 heterocycles. The van der Waals surface area contributed by atoms with Gasteiger partial charge in [0.05, 0.1) is 4.92 Å². The highest BCUT2D eigenvalue weighted by atomic mass is 16.7. The summed E-state index contributed by atoms with van der Waals surface area (Å²) in [6, 6.07) is 5.29. The summed E-state index contributed by atoms with van der Waals surface area (Å²) in [6.45, 7) is 4.04. The lowest BCUT2D eigenvalue weighted by molar-refractivity contribution is -0.384. The molecule has 0 bridgehead atoms. The SMILES string of the molecule is CCCC(CCC)OC(=O)Oc1ccc([N+](=O)[O-])cc1. The molecule has 0 unspecified atom stereocenters. The zero-order valence-corrected chi connectivity index (χ0v) is 11.7. The third kappa shape index (κ3) is 5.26. The van der Waals surface area contributed by atoms with Crippen LogP contribution in [0.5, 0.6) is 5.75 Å². The molecule has 0 amide bonds. The van der Waals surface area contributed by atoms with Crippen molar-refractivity contribution in [2.24, 2.45) is 0 Å². The molecule has 0 aliphatic rings. The van der Waals surface area contributed by atoms with Gasteiger partial charge in [0.15, 0.2) is 0 Å². The molecule has 1 aromatic rings. The van der Waals surface area contributed by atoms with Gasteiger partial charge in [-0.05, 0) is 25.0 Å². The molecule has 1 rings (SSSR count). The maximum absolute atomic E-state index is 11.6. The largest absolute Gasteiger partial charge is 0.514 e. The van der Waals surface area contributed by atoms with Crippen LogP contribution in [0.15, 0.2) is 24.3 Å². The maximum Gasteiger partial charge on any atom is 0.514 e. The summed E-state index contributed by atoms with van der Waals surface area (Å²) in [4.78, 5) is 21.6. The van der Waals surface area contributed by atoms with Crippen molar-refractivity contribution in [2.45, 2.75) is 45.6 Å². The van der Waals surface area contributed by atoms with E-state index in [1.165, 1.54) is 24.3 Å². The normalized spacial score (nSPS) is 10.3. The lowest BCUT2D eigenvalue weighted by atomic mass is 10.1. The van der Waals surface area contributed by atoms with Gasteiger partial charge in [-0.3, -0.25) is 10.1 Å². The number of nitro benzene ring substituents is 1. The zero-order valence-electron chi connectivity index (χ0n) is 11.7. The molecule has 0 saturated heterocycles. The molecule has 0 atom stereocenters. The molecule has 0 aliphatic carbocycles. The van der Waals surface area contributed by atoms with Crippen LogP contribution in [0, 0.1) is 10.1 Å². The number of non-ortho nitro benzene ring substituents is 1. The van der Waals surface area contributed by atoms with E-state index in [1.807, 2.05) is 13.8 Å². The van der Waals surface area contributed by atoms with Gasteiger partial charge in [0.2, 0.25) is 0 Å². The maximum atomic E-state index is 11.6. The number of carbonyl (C=O) groups excluding carboxylic acids is 1. The van der Waals surface area contributed by atoms with Crippen LogP contribution in [-0.4, -0.2) is 17.2 Å². The number of benzene rings is 1. The van der Waals surface area contributed by atoms with Gasteiger partial charge in [-0.1, -0.05) is 26.7 Å². The molecule has 0 aromatic heterocycles. The van der Waals surface area contributed by atoms with Crippen LogP contribution in [0.3, 0.4) is 0 Å². The molecule has 110 valence electrons. The van der Waals surface area contributed by atoms with E-state index in [0.717, 1.165) is 25.7 Å². The Kier molecular flexibility index (Phi) is 6.49. The van der Waals surface area contributed by atoms with Crippen molar-refractivity contribution in [3.8, 4) is 5.75 Å². The van der Waals surface area contributed by atoms with Crippen molar-refractivity contribution in [1.29, 1.82) is 0 Å². The van der Waals surface area contributed by atoms with Crippen LogP contribution in [-0.2, 0) is 4.74 Å². The summed E-state index contributed by atoms with van der Waals surface area (Å²) in [5.41, 5.74) is -0.0550. The van der Waals surface area contributed by atoms with Crippen LogP contribution < -0.4 is 4.74 Å². The second kappa shape index (κ2) is 8.14. The van der Waals surface area contributed by atoms with Crippen molar-refractivity contribution in [1.82, 2.24) is 0 Å². The van der Waals surface area contributed by atoms with Crippen molar-refractivity contribution >= 4 is 11.8 Å². The summed E-state index contributed by atoms with van der Waals surface area (Å²) in [6.07, 6.45) is 2.53. The highest BCUT2D eigenvalue weighted by Gasteiger charge is 2.15. The predicted octanol–water partition coefficient (Wildman–Crippen LogP) is 4.08. The topological polar surface area (TPSA) is 78.7 Å². The monoisotopic (exact) mass is 281 g/mol. The summed E-state index contributed by atoms with van der Waals surface area (Å²) in [7, 11) is 0. The van der Waals surface area contributed by atoms with Gasteiger partial charge in [-0.25, -0.2) is 4.79 Å². The first-order chi connectivity index (χ1) is 9.56. The Hall–Kier alpha value is -2.11. The van der Waals surface area contributed by atoms with Crippen molar-refractivity contribution < 1.29 is 19.2 Å². The smallest absolute Gasteiger partial charge is 0.431 e. The number of rotatable bonds is 7. The standard InChI is InChI=1S/C14H19NO5/c1-3-5-12(6-4-2)19-14(16)20-13-9-7-11(8-10-13)15(17)18/h7-10,12H,3-6H2,1-2H3. The van der Waals surface area contributed by atoms with Gasteiger partial charge >= 0.3 is 6.16 Å². The molecule has 20 heavy (non-hydrogen) atoms. The van der Waals surface area contributed by atoms with Crippen LogP contribution >= 0.6 is 0 Å². The van der Waals surface area contributed by atoms with Gasteiger partial charge in [-0.2, -0.15) is 0 Å². The Balaban J connectivity index is 2.54. The van der Waals surface area contributed by atoms with Crippen molar-refractivity contribution in [2.75, 3.05) is 0 Å². The highest BCUT2D eigenvalue weighted by molar-refractivity contribution is 5.64. The summed E-state index contributed by atoms with van der Waals surface area (Å²) >= 11 is 0. The van der Waals surface area contributed by atoms with Gasteiger partial charge < -0.3 is 9.47 Å². The van der Waals surface area contributed by atoms with Gasteiger partial charge in [0.25, 0.3) is 5.69 Å². The van der Waals surface area contributed by atoms with Crippen molar-refractivity contribution in [3.63, 3.8) is 0 Å². The fourth-order valence-corrected chi connectivity index (χ4v) is 1.80. The van der Waals surface area contributed by atoms with Crippen LogP contribution in [0.25, 0.3) is 0 Å². The van der Waals surface area contributed by atoms with E-state index in [1.54, 1.807) is 0 Å². The molecule has 1 aromatic carbocycles. The van der Waals surface area contributed by atoms with E-state index in [4.69, 9.17) is 9.47 Å². The number of hydrogen-bond donors (Lipinski definition) is 0. The van der Waals surface area contributed by atoms with Crippen LogP contribution in [0.2, 0.25) is 0 Å². The Bertz CT molecular complexity index is 437. The van der Waals surface area contributed by atoms with E-state index in [2.05, 4.69) is 0 Å². The van der Waals surface area contributed by atoms with E-state index in [9.17, 15) is 14.9 Å². The lowest BCUT2D eigenvalue weighted by Gasteiger charge is -2.15. The first-order valence-corrected chi connectivity index (χ1v) is 6.69. The van der Waals surface area contributed by atoms with Crippen LogP contribution in [0.1, 0.15) is 39.5 Å². The zero-order chi connectivity index (χ0) is 15.0. The lowest BCUT2D eigenvalue weighted by Crippen LogP contribution is -2.20. The summed E-state index contributed by atoms with van der Waals surface area (Å²) in [5, 5.41) is 10.5. The first kappa shape index (κ1) is 15.9. The fourth-order valence-electron chi connectivity index (χ4n) is 1.80. The number of carbonyl (C=O) groups is 1. The highest BCUT2D eigenvalue weighted by Crippen LogP contribution is 2.18. The average molecular weight is 281 g/mol. The number of nitro groups is 1. The minimum Gasteiger partial charge on any atom is -0.431 e. The van der Waals surface area contributed by atoms with Gasteiger partial charge in [0.1, 0.15) is 11.9 Å². The Morgan fingerprint density at radius 3 is 2.20 bits per heavy atom. The molecule has 0 fully saturated rings. The van der Waals surface area contributed by atoms with E-state index >= 15 is 0 Å². The summed E-state index contributed by atoms with van der Waals surface area (Å²) in [5.74, 6) is 0.229. The predicted molar refractivity (Wildman–Crippen MR) is 73.8 cm³/mol. The number of hydrogen-bond acceptors (Lipinski definition) is 5. The third-order valence-corrected chi connectivity index (χ3v) is 2.73. The number of ether oxygens (including phenoxy) is 2. The summed E-state index contributed by atoms with van der Waals surface area (Å²) < 4.78 is 10.2. The molecule has 0 radical (unpaired) electrons. The number of nitrogens with zero attached hydrogens (tertiary/aromatic N) is 1. The Morgan fingerprint density at radius 2 is 1.75 bits per heavy atom. The Morgan fingerprint density at radius 1 is 1.20 bits per heavy atom. The minimum absolute atomic E-state index is 0.0550.